The molecule has 2 aliphatic heterocycles. The second-order valence-electron chi connectivity index (χ2n) is 15.7. The number of nitrogens with two attached hydrogens (primary N) is 1. The SMILES string of the molecule is CCCCOc1c(C)cc(C(=O)NCC(c2ccccc2)N2CCOCC2)cc1C.CCCCOc1c(C)cc(C(=O)O)cc1C.NCC(c1ccccc1)N1CCOCC1. The smallest absolute Gasteiger partial charge is 0.335 e. The lowest BCUT2D eigenvalue weighted by molar-refractivity contribution is 0.0162. The van der Waals surface area contributed by atoms with Gasteiger partial charge in [-0.05, 0) is 98.2 Å². The highest BCUT2D eigenvalue weighted by Gasteiger charge is 2.24. The summed E-state index contributed by atoms with van der Waals surface area (Å²) >= 11 is 0. The van der Waals surface area contributed by atoms with Gasteiger partial charge in [-0.25, -0.2) is 4.79 Å². The molecule has 6 rings (SSSR count). The summed E-state index contributed by atoms with van der Waals surface area (Å²) in [5, 5.41) is 12.1. The number of rotatable bonds is 17. The Labute approximate surface area is 364 Å². The third kappa shape index (κ3) is 15.6. The number of aromatic carboxylic acids is 1. The van der Waals surface area contributed by atoms with Gasteiger partial charge in [0.1, 0.15) is 11.5 Å². The minimum absolute atomic E-state index is 0.0458. The van der Waals surface area contributed by atoms with Crippen LogP contribution in [0.3, 0.4) is 0 Å². The maximum absolute atomic E-state index is 12.9. The standard InChI is InChI=1S/C25H34N2O3.C13H18O3.C12H18N2O/c1-4-5-13-30-24-19(2)16-22(17-20(24)3)25(28)26-18-23(21-9-7-6-8-10-21)27-11-14-29-15-12-27;1-4-5-6-16-12-9(2)7-11(13(14)15)8-10(12)3;13-10-12(11-4-2-1-3-5-11)14-6-8-15-9-7-14/h6-10,16-17,23H,4-5,11-15,18H2,1-3H3,(H,26,28);7-8H,4-6H2,1-3H3,(H,14,15);1-5,12H,6-10,13H2. The summed E-state index contributed by atoms with van der Waals surface area (Å²) in [4.78, 5) is 28.6. The molecule has 4 N–H and O–H groups in total. The number of ether oxygens (including phenoxy) is 4. The number of morpholine rings is 2. The molecule has 2 saturated heterocycles. The Morgan fingerprint density at radius 2 is 1.05 bits per heavy atom. The summed E-state index contributed by atoms with van der Waals surface area (Å²) in [6.07, 6.45) is 4.23. The average Bonchev–Trinajstić information content (AvgIpc) is 3.27. The lowest BCUT2D eigenvalue weighted by Gasteiger charge is -2.35. The van der Waals surface area contributed by atoms with Crippen LogP contribution in [-0.2, 0) is 9.47 Å². The molecule has 2 unspecified atom stereocenters. The molecule has 1 amide bonds. The van der Waals surface area contributed by atoms with E-state index in [0.717, 1.165) is 112 Å². The molecule has 61 heavy (non-hydrogen) atoms. The maximum Gasteiger partial charge on any atom is 0.335 e. The van der Waals surface area contributed by atoms with Gasteiger partial charge in [0.05, 0.1) is 51.2 Å². The molecular formula is C50H70N4O7. The van der Waals surface area contributed by atoms with Gasteiger partial charge in [0, 0.05) is 50.9 Å². The van der Waals surface area contributed by atoms with E-state index < -0.39 is 5.97 Å². The molecule has 2 fully saturated rings. The number of carbonyl (C=O) groups is 2. The van der Waals surface area contributed by atoms with Crippen LogP contribution in [0.5, 0.6) is 11.5 Å². The van der Waals surface area contributed by atoms with E-state index in [1.807, 2.05) is 52.0 Å². The van der Waals surface area contributed by atoms with Crippen molar-refractivity contribution in [1.82, 2.24) is 15.1 Å². The molecule has 0 radical (unpaired) electrons. The molecule has 0 aromatic heterocycles. The number of hydrogen-bond acceptors (Lipinski definition) is 9. The van der Waals surface area contributed by atoms with Gasteiger partial charge >= 0.3 is 5.97 Å². The number of nitrogens with zero attached hydrogens (tertiary/aromatic N) is 2. The van der Waals surface area contributed by atoms with E-state index in [2.05, 4.69) is 77.5 Å². The first-order valence-electron chi connectivity index (χ1n) is 22.0. The van der Waals surface area contributed by atoms with Gasteiger partial charge < -0.3 is 35.1 Å². The number of carbonyl (C=O) groups excluding carboxylic acids is 1. The molecular weight excluding hydrogens is 769 g/mol. The molecule has 2 heterocycles. The molecule has 4 aromatic carbocycles. The minimum atomic E-state index is -0.897. The summed E-state index contributed by atoms with van der Waals surface area (Å²) in [5.74, 6) is 0.774. The zero-order chi connectivity index (χ0) is 44.0. The summed E-state index contributed by atoms with van der Waals surface area (Å²) in [6, 6.07) is 28.5. The van der Waals surface area contributed by atoms with Crippen LogP contribution in [0.2, 0.25) is 0 Å². The van der Waals surface area contributed by atoms with Crippen molar-refractivity contribution < 1.29 is 33.6 Å². The Bertz CT molecular complexity index is 1850. The van der Waals surface area contributed by atoms with Crippen LogP contribution < -0.4 is 20.5 Å². The first-order valence-corrected chi connectivity index (χ1v) is 22.0. The fourth-order valence-corrected chi connectivity index (χ4v) is 7.62. The predicted octanol–water partition coefficient (Wildman–Crippen LogP) is 8.48. The van der Waals surface area contributed by atoms with E-state index >= 15 is 0 Å². The van der Waals surface area contributed by atoms with Crippen LogP contribution in [0.4, 0.5) is 0 Å². The number of carboxylic acids is 1. The number of hydrogen-bond donors (Lipinski definition) is 3. The van der Waals surface area contributed by atoms with E-state index in [-0.39, 0.29) is 11.9 Å². The molecule has 0 saturated carbocycles. The van der Waals surface area contributed by atoms with Crippen molar-refractivity contribution in [3.63, 3.8) is 0 Å². The highest BCUT2D eigenvalue weighted by Crippen LogP contribution is 2.27. The molecule has 11 heteroatoms. The molecule has 332 valence electrons. The van der Waals surface area contributed by atoms with Crippen molar-refractivity contribution in [3.8, 4) is 11.5 Å². The normalized spacial score (nSPS) is 15.3. The number of unbranched alkanes of at least 4 members (excludes halogenated alkanes) is 2. The zero-order valence-corrected chi connectivity index (χ0v) is 37.4. The zero-order valence-electron chi connectivity index (χ0n) is 37.4. The van der Waals surface area contributed by atoms with Crippen molar-refractivity contribution >= 4 is 11.9 Å². The summed E-state index contributed by atoms with van der Waals surface area (Å²) < 4.78 is 22.4. The highest BCUT2D eigenvalue weighted by atomic mass is 16.5. The third-order valence-corrected chi connectivity index (χ3v) is 10.9. The van der Waals surface area contributed by atoms with Crippen molar-refractivity contribution in [3.05, 3.63) is 129 Å². The molecule has 2 atom stereocenters. The van der Waals surface area contributed by atoms with Crippen LogP contribution in [-0.4, -0.2) is 106 Å². The number of carboxylic acid groups (broad SMARTS) is 1. The van der Waals surface area contributed by atoms with Crippen LogP contribution in [0.1, 0.15) is 106 Å². The Morgan fingerprint density at radius 3 is 1.44 bits per heavy atom. The Balaban J connectivity index is 0.000000222. The minimum Gasteiger partial charge on any atom is -0.493 e. The number of nitrogens with one attached hydrogen (secondary N) is 1. The first-order chi connectivity index (χ1) is 29.6. The molecule has 2 aliphatic rings. The second-order valence-corrected chi connectivity index (χ2v) is 15.7. The largest absolute Gasteiger partial charge is 0.493 e. The predicted molar refractivity (Wildman–Crippen MR) is 244 cm³/mol. The van der Waals surface area contributed by atoms with Crippen LogP contribution in [0.25, 0.3) is 0 Å². The van der Waals surface area contributed by atoms with Gasteiger partial charge in [-0.15, -0.1) is 0 Å². The summed E-state index contributed by atoms with van der Waals surface area (Å²) in [6.45, 7) is 21.5. The Kier molecular flexibility index (Phi) is 21.3. The van der Waals surface area contributed by atoms with Crippen LogP contribution >= 0.6 is 0 Å². The molecule has 11 nitrogen and oxygen atoms in total. The third-order valence-electron chi connectivity index (χ3n) is 10.9. The highest BCUT2D eigenvalue weighted by molar-refractivity contribution is 5.95. The summed E-state index contributed by atoms with van der Waals surface area (Å²) in [5.41, 5.74) is 13.1. The maximum atomic E-state index is 12.9. The van der Waals surface area contributed by atoms with Gasteiger partial charge in [0.2, 0.25) is 0 Å². The lowest BCUT2D eigenvalue weighted by atomic mass is 10.0. The van der Waals surface area contributed by atoms with E-state index in [4.69, 9.17) is 29.8 Å². The number of aryl methyl sites for hydroxylation is 4. The van der Waals surface area contributed by atoms with Crippen LogP contribution in [0, 0.1) is 27.7 Å². The van der Waals surface area contributed by atoms with Crippen LogP contribution in [0.15, 0.2) is 84.9 Å². The van der Waals surface area contributed by atoms with Gasteiger partial charge in [0.25, 0.3) is 5.91 Å². The van der Waals surface area contributed by atoms with Gasteiger partial charge in [-0.3, -0.25) is 14.6 Å². The van der Waals surface area contributed by atoms with E-state index in [1.54, 1.807) is 12.1 Å². The molecule has 4 aromatic rings. The van der Waals surface area contributed by atoms with Gasteiger partial charge in [0.15, 0.2) is 0 Å². The summed E-state index contributed by atoms with van der Waals surface area (Å²) in [7, 11) is 0. The lowest BCUT2D eigenvalue weighted by Crippen LogP contribution is -2.43. The van der Waals surface area contributed by atoms with Crippen molar-refractivity contribution in [2.75, 3.05) is 78.9 Å². The monoisotopic (exact) mass is 839 g/mol. The second kappa shape index (κ2) is 26.5. The van der Waals surface area contributed by atoms with E-state index in [9.17, 15) is 9.59 Å². The Hall–Kier alpha value is -4.78. The van der Waals surface area contributed by atoms with Crippen molar-refractivity contribution in [1.29, 1.82) is 0 Å². The van der Waals surface area contributed by atoms with Crippen molar-refractivity contribution in [2.45, 2.75) is 79.3 Å². The number of amides is 1. The molecule has 0 bridgehead atoms. The van der Waals surface area contributed by atoms with Gasteiger partial charge in [-0.2, -0.15) is 0 Å². The Morgan fingerprint density at radius 1 is 0.656 bits per heavy atom. The topological polar surface area (TPSA) is 136 Å². The van der Waals surface area contributed by atoms with E-state index in [0.29, 0.717) is 43.5 Å². The van der Waals surface area contributed by atoms with Crippen molar-refractivity contribution in [2.24, 2.45) is 5.73 Å². The molecule has 0 spiro atoms. The van der Waals surface area contributed by atoms with E-state index in [1.165, 1.54) is 11.1 Å². The fraction of sp³-hybridized carbons (Fsp3) is 0.480. The average molecular weight is 839 g/mol. The van der Waals surface area contributed by atoms with Gasteiger partial charge in [-0.1, -0.05) is 87.4 Å². The fourth-order valence-electron chi connectivity index (χ4n) is 7.62. The quantitative estimate of drug-likeness (QED) is 0.0889. The first kappa shape index (κ1) is 48.9. The molecule has 0 aliphatic carbocycles. The number of benzene rings is 4.